The zero-order chi connectivity index (χ0) is 20.5. The fourth-order valence-electron chi connectivity index (χ4n) is 3.71. The van der Waals surface area contributed by atoms with Gasteiger partial charge in [0.1, 0.15) is 0 Å². The van der Waals surface area contributed by atoms with Gasteiger partial charge >= 0.3 is 0 Å². The van der Waals surface area contributed by atoms with E-state index in [-0.39, 0.29) is 11.9 Å². The Kier molecular flexibility index (Phi) is 8.31. The predicted molar refractivity (Wildman–Crippen MR) is 114 cm³/mol. The predicted octanol–water partition coefficient (Wildman–Crippen LogP) is 2.06. The van der Waals surface area contributed by atoms with E-state index in [4.69, 9.17) is 9.47 Å². The van der Waals surface area contributed by atoms with Gasteiger partial charge in [0.15, 0.2) is 5.96 Å². The fraction of sp³-hybridized carbons (Fsp3) is 0.636. The molecule has 2 saturated heterocycles. The summed E-state index contributed by atoms with van der Waals surface area (Å²) in [5.41, 5.74) is 2.38. The van der Waals surface area contributed by atoms with Gasteiger partial charge in [0.2, 0.25) is 5.91 Å². The normalized spacial score (nSPS) is 20.7. The zero-order valence-corrected chi connectivity index (χ0v) is 17.7. The Morgan fingerprint density at radius 3 is 2.62 bits per heavy atom. The minimum atomic E-state index is 0.220. The summed E-state index contributed by atoms with van der Waals surface area (Å²) in [5, 5.41) is 6.79. The Labute approximate surface area is 173 Å². The molecular weight excluding hydrogens is 368 g/mol. The van der Waals surface area contributed by atoms with Crippen LogP contribution in [0.2, 0.25) is 0 Å². The maximum absolute atomic E-state index is 11.8. The molecule has 2 aliphatic rings. The highest BCUT2D eigenvalue weighted by Gasteiger charge is 2.25. The molecule has 160 valence electrons. The first-order chi connectivity index (χ1) is 14.2. The highest BCUT2D eigenvalue weighted by Crippen LogP contribution is 2.14. The van der Waals surface area contributed by atoms with Crippen molar-refractivity contribution < 1.29 is 14.3 Å². The van der Waals surface area contributed by atoms with Crippen molar-refractivity contribution in [3.63, 3.8) is 0 Å². The molecule has 2 fully saturated rings. The number of guanidine groups is 1. The molecule has 7 heteroatoms. The lowest BCUT2D eigenvalue weighted by molar-refractivity contribution is -0.129. The summed E-state index contributed by atoms with van der Waals surface area (Å²) < 4.78 is 11.3. The number of nitrogens with one attached hydrogen (secondary N) is 2. The van der Waals surface area contributed by atoms with Gasteiger partial charge in [-0.25, -0.2) is 0 Å². The molecule has 3 rings (SSSR count). The van der Waals surface area contributed by atoms with Crippen LogP contribution in [-0.4, -0.2) is 62.3 Å². The summed E-state index contributed by atoms with van der Waals surface area (Å²) in [5.74, 6) is 0.992. The molecule has 0 bridgehead atoms. The smallest absolute Gasteiger partial charge is 0.222 e. The molecule has 0 radical (unpaired) electrons. The molecule has 2 aliphatic heterocycles. The van der Waals surface area contributed by atoms with E-state index < -0.39 is 0 Å². The quantitative estimate of drug-likeness (QED) is 0.539. The number of carbonyl (C=O) groups is 1. The average Bonchev–Trinajstić information content (AvgIpc) is 3.24. The van der Waals surface area contributed by atoms with Crippen molar-refractivity contribution in [2.24, 2.45) is 4.99 Å². The van der Waals surface area contributed by atoms with Crippen LogP contribution in [0.1, 0.15) is 43.7 Å². The summed E-state index contributed by atoms with van der Waals surface area (Å²) >= 11 is 0. The number of hydrogen-bond donors (Lipinski definition) is 2. The minimum absolute atomic E-state index is 0.220. The van der Waals surface area contributed by atoms with Gasteiger partial charge < -0.3 is 25.0 Å². The van der Waals surface area contributed by atoms with E-state index in [1.54, 1.807) is 7.05 Å². The van der Waals surface area contributed by atoms with Crippen LogP contribution >= 0.6 is 0 Å². The topological polar surface area (TPSA) is 75.2 Å². The highest BCUT2D eigenvalue weighted by atomic mass is 16.5. The Hall–Kier alpha value is -2.12. The lowest BCUT2D eigenvalue weighted by Crippen LogP contribution is -2.44. The van der Waals surface area contributed by atoms with Crippen LogP contribution in [-0.2, 0) is 27.4 Å². The molecule has 0 aromatic heterocycles. The summed E-state index contributed by atoms with van der Waals surface area (Å²) in [7, 11) is 1.77. The summed E-state index contributed by atoms with van der Waals surface area (Å²) in [4.78, 5) is 18.1. The van der Waals surface area contributed by atoms with E-state index in [2.05, 4.69) is 39.9 Å². The van der Waals surface area contributed by atoms with Crippen LogP contribution in [0, 0.1) is 0 Å². The maximum Gasteiger partial charge on any atom is 0.222 e. The minimum Gasteiger partial charge on any atom is -0.381 e. The van der Waals surface area contributed by atoms with Crippen LogP contribution in [0.25, 0.3) is 0 Å². The number of hydrogen-bond acceptors (Lipinski definition) is 4. The monoisotopic (exact) mass is 402 g/mol. The summed E-state index contributed by atoms with van der Waals surface area (Å²) in [6, 6.07) is 8.75. The Morgan fingerprint density at radius 2 is 1.93 bits per heavy atom. The van der Waals surface area contributed by atoms with Gasteiger partial charge in [0.05, 0.1) is 12.7 Å². The van der Waals surface area contributed by atoms with Crippen LogP contribution in [0.15, 0.2) is 29.3 Å². The van der Waals surface area contributed by atoms with Crippen molar-refractivity contribution in [3.8, 4) is 0 Å². The first-order valence-electron chi connectivity index (χ1n) is 10.7. The van der Waals surface area contributed by atoms with Gasteiger partial charge in [0.25, 0.3) is 0 Å². The largest absolute Gasteiger partial charge is 0.381 e. The molecule has 1 aromatic carbocycles. The standard InChI is InChI=1S/C22H34N4O3/c1-3-21(27)26-11-8-19(15-26)25-22(23-2)24-14-17-4-6-18(7-5-17)16-29-20-9-12-28-13-10-20/h4-7,19-20H,3,8-16H2,1-2H3,(H2,23,24,25). The van der Waals surface area contributed by atoms with Gasteiger partial charge in [-0.15, -0.1) is 0 Å². The third-order valence-corrected chi connectivity index (χ3v) is 5.54. The second-order valence-electron chi connectivity index (χ2n) is 7.69. The van der Waals surface area contributed by atoms with Crippen molar-refractivity contribution >= 4 is 11.9 Å². The van der Waals surface area contributed by atoms with Crippen LogP contribution in [0.4, 0.5) is 0 Å². The molecule has 1 unspecified atom stereocenters. The lowest BCUT2D eigenvalue weighted by atomic mass is 10.1. The number of likely N-dealkylation sites (tertiary alicyclic amines) is 1. The van der Waals surface area contributed by atoms with Crippen molar-refractivity contribution in [1.29, 1.82) is 0 Å². The van der Waals surface area contributed by atoms with Crippen molar-refractivity contribution in [3.05, 3.63) is 35.4 Å². The van der Waals surface area contributed by atoms with E-state index in [9.17, 15) is 4.79 Å². The molecule has 2 N–H and O–H groups in total. The summed E-state index contributed by atoms with van der Waals surface area (Å²) in [6.45, 7) is 6.43. The van der Waals surface area contributed by atoms with Crippen LogP contribution in [0.3, 0.4) is 0 Å². The molecule has 2 heterocycles. The van der Waals surface area contributed by atoms with Gasteiger partial charge in [-0.1, -0.05) is 31.2 Å². The molecular formula is C22H34N4O3. The number of rotatable bonds is 7. The molecule has 0 spiro atoms. The number of amides is 1. The number of ether oxygens (including phenoxy) is 2. The van der Waals surface area contributed by atoms with Gasteiger partial charge in [-0.05, 0) is 30.4 Å². The molecule has 7 nitrogen and oxygen atoms in total. The third kappa shape index (κ3) is 6.72. The first-order valence-corrected chi connectivity index (χ1v) is 10.7. The SMILES string of the molecule is CCC(=O)N1CCC(NC(=NC)NCc2ccc(COC3CCOCC3)cc2)C1. The zero-order valence-electron chi connectivity index (χ0n) is 17.7. The molecule has 29 heavy (non-hydrogen) atoms. The number of aliphatic imine (C=N–C) groups is 1. The second-order valence-corrected chi connectivity index (χ2v) is 7.69. The fourth-order valence-corrected chi connectivity index (χ4v) is 3.71. The van der Waals surface area contributed by atoms with Gasteiger partial charge in [-0.2, -0.15) is 0 Å². The van der Waals surface area contributed by atoms with Crippen molar-refractivity contribution in [1.82, 2.24) is 15.5 Å². The molecule has 1 atom stereocenters. The summed E-state index contributed by atoms with van der Waals surface area (Å²) in [6.07, 6.45) is 3.81. The van der Waals surface area contributed by atoms with Crippen molar-refractivity contribution in [2.75, 3.05) is 33.4 Å². The van der Waals surface area contributed by atoms with Gasteiger partial charge in [-0.3, -0.25) is 9.79 Å². The van der Waals surface area contributed by atoms with Crippen LogP contribution in [0.5, 0.6) is 0 Å². The van der Waals surface area contributed by atoms with E-state index in [1.165, 1.54) is 11.1 Å². The van der Waals surface area contributed by atoms with Crippen LogP contribution < -0.4 is 10.6 Å². The van der Waals surface area contributed by atoms with E-state index in [0.29, 0.717) is 25.7 Å². The molecule has 0 aliphatic carbocycles. The lowest BCUT2D eigenvalue weighted by Gasteiger charge is -2.22. The molecule has 1 amide bonds. The molecule has 0 saturated carbocycles. The highest BCUT2D eigenvalue weighted by molar-refractivity contribution is 5.80. The van der Waals surface area contributed by atoms with E-state index in [0.717, 1.165) is 51.5 Å². The van der Waals surface area contributed by atoms with E-state index >= 15 is 0 Å². The van der Waals surface area contributed by atoms with Crippen molar-refractivity contribution in [2.45, 2.75) is 57.9 Å². The Balaban J connectivity index is 1.39. The third-order valence-electron chi connectivity index (χ3n) is 5.54. The van der Waals surface area contributed by atoms with Gasteiger partial charge in [0, 0.05) is 52.4 Å². The molecule has 1 aromatic rings. The Morgan fingerprint density at radius 1 is 1.21 bits per heavy atom. The Bertz CT molecular complexity index is 671. The number of carbonyl (C=O) groups excluding carboxylic acids is 1. The average molecular weight is 403 g/mol. The number of nitrogens with zero attached hydrogens (tertiary/aromatic N) is 2. The van der Waals surface area contributed by atoms with E-state index in [1.807, 2.05) is 11.8 Å². The first kappa shape index (κ1) is 21.6. The maximum atomic E-state index is 11.8. The number of benzene rings is 1. The second kappa shape index (κ2) is 11.2.